The maximum atomic E-state index is 12.8. The van der Waals surface area contributed by atoms with Crippen molar-refractivity contribution in [2.75, 3.05) is 5.32 Å². The van der Waals surface area contributed by atoms with Crippen LogP contribution in [-0.4, -0.2) is 22.6 Å². The van der Waals surface area contributed by atoms with Crippen LogP contribution in [0, 0.1) is 11.3 Å². The molecule has 0 saturated heterocycles. The van der Waals surface area contributed by atoms with Gasteiger partial charge in [0.15, 0.2) is 5.78 Å². The van der Waals surface area contributed by atoms with Gasteiger partial charge in [0.05, 0.1) is 6.04 Å². The lowest BCUT2D eigenvalue weighted by Gasteiger charge is -2.29. The molecule has 2 aliphatic rings. The molecule has 1 unspecified atom stereocenters. The first-order valence-corrected chi connectivity index (χ1v) is 10.6. The van der Waals surface area contributed by atoms with E-state index in [2.05, 4.69) is 15.6 Å². The van der Waals surface area contributed by atoms with Crippen LogP contribution in [0.4, 0.5) is 5.69 Å². The van der Waals surface area contributed by atoms with E-state index in [-0.39, 0.29) is 34.6 Å². The van der Waals surface area contributed by atoms with Crippen LogP contribution in [0.25, 0.3) is 0 Å². The van der Waals surface area contributed by atoms with Crippen molar-refractivity contribution in [1.29, 1.82) is 0 Å². The summed E-state index contributed by atoms with van der Waals surface area (Å²) in [4.78, 5) is 52.4. The Morgan fingerprint density at radius 1 is 1.10 bits per heavy atom. The SMILES string of the molecule is CC(NC(=O)c1cc2c([nH]c1=O)CC(C)(C)CC2=O)c1ccc(NC(=O)C2CC2)cc1. The van der Waals surface area contributed by atoms with Gasteiger partial charge >= 0.3 is 0 Å². The van der Waals surface area contributed by atoms with Gasteiger partial charge in [-0.2, -0.15) is 0 Å². The Morgan fingerprint density at radius 3 is 2.42 bits per heavy atom. The van der Waals surface area contributed by atoms with Crippen LogP contribution in [0.3, 0.4) is 0 Å². The molecule has 1 aromatic heterocycles. The second-order valence-corrected chi connectivity index (χ2v) is 9.43. The van der Waals surface area contributed by atoms with Gasteiger partial charge < -0.3 is 15.6 Å². The lowest BCUT2D eigenvalue weighted by Crippen LogP contribution is -2.35. The summed E-state index contributed by atoms with van der Waals surface area (Å²) in [6, 6.07) is 8.32. The van der Waals surface area contributed by atoms with E-state index in [1.54, 1.807) is 12.1 Å². The van der Waals surface area contributed by atoms with E-state index in [0.717, 1.165) is 18.4 Å². The summed E-state index contributed by atoms with van der Waals surface area (Å²) >= 11 is 0. The fourth-order valence-electron chi connectivity index (χ4n) is 4.00. The molecule has 31 heavy (non-hydrogen) atoms. The summed E-state index contributed by atoms with van der Waals surface area (Å²) in [5.41, 5.74) is 1.80. The highest BCUT2D eigenvalue weighted by molar-refractivity contribution is 6.02. The maximum absolute atomic E-state index is 12.8. The Kier molecular flexibility index (Phi) is 5.29. The second kappa shape index (κ2) is 7.80. The van der Waals surface area contributed by atoms with E-state index in [1.165, 1.54) is 6.07 Å². The second-order valence-electron chi connectivity index (χ2n) is 9.43. The number of carbonyl (C=O) groups is 3. The van der Waals surface area contributed by atoms with Crippen molar-refractivity contribution in [3.05, 3.63) is 63.1 Å². The van der Waals surface area contributed by atoms with Crippen LogP contribution in [0.2, 0.25) is 0 Å². The summed E-state index contributed by atoms with van der Waals surface area (Å²) in [5, 5.41) is 5.70. The number of benzene rings is 1. The molecule has 0 radical (unpaired) electrons. The van der Waals surface area contributed by atoms with Crippen molar-refractivity contribution in [2.24, 2.45) is 11.3 Å². The minimum Gasteiger partial charge on any atom is -0.345 e. The highest BCUT2D eigenvalue weighted by Gasteiger charge is 2.33. The standard InChI is InChI=1S/C24H27N3O4/c1-13(14-6-8-16(9-7-14)26-21(29)15-4-5-15)25-22(30)18-10-17-19(27-23(18)31)11-24(2,3)12-20(17)28/h6-10,13,15H,4-5,11-12H2,1-3H3,(H,25,30)(H,26,29)(H,27,31). The van der Waals surface area contributed by atoms with Crippen molar-refractivity contribution in [3.8, 4) is 0 Å². The molecule has 2 amide bonds. The zero-order chi connectivity index (χ0) is 22.3. The van der Waals surface area contributed by atoms with Crippen molar-refractivity contribution in [2.45, 2.75) is 52.5 Å². The van der Waals surface area contributed by atoms with Crippen molar-refractivity contribution in [3.63, 3.8) is 0 Å². The Bertz CT molecular complexity index is 1110. The zero-order valence-corrected chi connectivity index (χ0v) is 18.0. The van der Waals surface area contributed by atoms with Gasteiger partial charge in [0, 0.05) is 29.3 Å². The number of nitrogens with one attached hydrogen (secondary N) is 3. The fourth-order valence-corrected chi connectivity index (χ4v) is 4.00. The predicted molar refractivity (Wildman–Crippen MR) is 117 cm³/mol. The van der Waals surface area contributed by atoms with Crippen molar-refractivity contribution in [1.82, 2.24) is 10.3 Å². The number of hydrogen-bond donors (Lipinski definition) is 3. The number of Topliss-reactive ketones (excluding diaryl/α,β-unsaturated/α-hetero) is 1. The van der Waals surface area contributed by atoms with Crippen LogP contribution in [0.5, 0.6) is 0 Å². The molecule has 0 bridgehead atoms. The number of rotatable bonds is 5. The number of fused-ring (bicyclic) bond motifs is 1. The highest BCUT2D eigenvalue weighted by atomic mass is 16.2. The summed E-state index contributed by atoms with van der Waals surface area (Å²) in [7, 11) is 0. The van der Waals surface area contributed by atoms with Gasteiger partial charge in [0.2, 0.25) is 5.91 Å². The van der Waals surface area contributed by atoms with E-state index < -0.39 is 11.5 Å². The third-order valence-corrected chi connectivity index (χ3v) is 5.94. The molecule has 0 aliphatic heterocycles. The fraction of sp³-hybridized carbons (Fsp3) is 0.417. The molecule has 7 heteroatoms. The molecular formula is C24H27N3O4. The van der Waals surface area contributed by atoms with Gasteiger partial charge in [0.25, 0.3) is 11.5 Å². The molecule has 1 aromatic carbocycles. The van der Waals surface area contributed by atoms with Crippen LogP contribution < -0.4 is 16.2 Å². The number of amides is 2. The average Bonchev–Trinajstić information content (AvgIpc) is 3.52. The van der Waals surface area contributed by atoms with Crippen LogP contribution >= 0.6 is 0 Å². The monoisotopic (exact) mass is 421 g/mol. The summed E-state index contributed by atoms with van der Waals surface area (Å²) in [6.45, 7) is 5.78. The zero-order valence-electron chi connectivity index (χ0n) is 18.0. The number of pyridine rings is 1. The number of carbonyl (C=O) groups excluding carboxylic acids is 3. The normalized spacial score (nSPS) is 18.1. The summed E-state index contributed by atoms with van der Waals surface area (Å²) in [5.74, 6) is -0.419. The Labute approximate surface area is 180 Å². The average molecular weight is 421 g/mol. The minimum absolute atomic E-state index is 0.0404. The topological polar surface area (TPSA) is 108 Å². The molecule has 1 atom stereocenters. The van der Waals surface area contributed by atoms with Gasteiger partial charge in [-0.05, 0) is 55.4 Å². The summed E-state index contributed by atoms with van der Waals surface area (Å²) < 4.78 is 0. The number of hydrogen-bond acceptors (Lipinski definition) is 4. The molecule has 162 valence electrons. The lowest BCUT2D eigenvalue weighted by molar-refractivity contribution is -0.117. The van der Waals surface area contributed by atoms with Gasteiger partial charge in [-0.15, -0.1) is 0 Å². The number of ketones is 1. The molecule has 1 saturated carbocycles. The predicted octanol–water partition coefficient (Wildman–Crippen LogP) is 3.37. The Hall–Kier alpha value is -3.22. The van der Waals surface area contributed by atoms with Gasteiger partial charge in [-0.1, -0.05) is 26.0 Å². The Balaban J connectivity index is 1.46. The minimum atomic E-state index is -0.528. The molecule has 4 rings (SSSR count). The van der Waals surface area contributed by atoms with Gasteiger partial charge in [0.1, 0.15) is 5.56 Å². The molecular weight excluding hydrogens is 394 g/mol. The Morgan fingerprint density at radius 2 is 1.77 bits per heavy atom. The number of anilines is 1. The van der Waals surface area contributed by atoms with E-state index in [0.29, 0.717) is 29.8 Å². The van der Waals surface area contributed by atoms with E-state index in [4.69, 9.17) is 0 Å². The van der Waals surface area contributed by atoms with Crippen molar-refractivity contribution >= 4 is 23.3 Å². The van der Waals surface area contributed by atoms with E-state index in [1.807, 2.05) is 32.9 Å². The third-order valence-electron chi connectivity index (χ3n) is 5.94. The molecule has 1 fully saturated rings. The highest BCUT2D eigenvalue weighted by Crippen LogP contribution is 2.33. The van der Waals surface area contributed by atoms with E-state index >= 15 is 0 Å². The van der Waals surface area contributed by atoms with Crippen LogP contribution in [-0.2, 0) is 11.2 Å². The van der Waals surface area contributed by atoms with Crippen molar-refractivity contribution < 1.29 is 14.4 Å². The summed E-state index contributed by atoms with van der Waals surface area (Å²) in [6.07, 6.45) is 2.86. The molecule has 7 nitrogen and oxygen atoms in total. The first kappa shape index (κ1) is 21.0. The van der Waals surface area contributed by atoms with Gasteiger partial charge in [-0.3, -0.25) is 19.2 Å². The largest absolute Gasteiger partial charge is 0.345 e. The van der Waals surface area contributed by atoms with E-state index in [9.17, 15) is 19.2 Å². The van der Waals surface area contributed by atoms with Crippen LogP contribution in [0.1, 0.15) is 78.0 Å². The molecule has 2 aromatic rings. The number of aromatic nitrogens is 1. The first-order valence-electron chi connectivity index (χ1n) is 10.6. The molecule has 0 spiro atoms. The third kappa shape index (κ3) is 4.60. The van der Waals surface area contributed by atoms with Gasteiger partial charge in [-0.25, -0.2) is 0 Å². The molecule has 3 N–H and O–H groups in total. The number of aromatic amines is 1. The lowest BCUT2D eigenvalue weighted by atomic mass is 9.75. The molecule has 2 aliphatic carbocycles. The molecule has 1 heterocycles. The number of H-pyrrole nitrogens is 1. The van der Waals surface area contributed by atoms with Crippen LogP contribution in [0.15, 0.2) is 35.1 Å². The maximum Gasteiger partial charge on any atom is 0.261 e. The quantitative estimate of drug-likeness (QED) is 0.688. The first-order chi connectivity index (χ1) is 14.6. The smallest absolute Gasteiger partial charge is 0.261 e.